The van der Waals surface area contributed by atoms with Gasteiger partial charge in [0.05, 0.1) is 6.10 Å². The molecule has 1 aromatic rings. The van der Waals surface area contributed by atoms with E-state index in [1.165, 1.54) is 30.4 Å². The molecule has 1 aliphatic carbocycles. The number of aliphatic hydroxyl groups excluding tert-OH is 1. The first-order valence-electron chi connectivity index (χ1n) is 7.76. The molecule has 0 bridgehead atoms. The highest BCUT2D eigenvalue weighted by Crippen LogP contribution is 2.25. The van der Waals surface area contributed by atoms with Crippen LogP contribution in [-0.4, -0.2) is 29.6 Å². The van der Waals surface area contributed by atoms with Crippen LogP contribution in [0, 0.1) is 0 Å². The van der Waals surface area contributed by atoms with Gasteiger partial charge in [-0.1, -0.05) is 32.0 Å². The van der Waals surface area contributed by atoms with Gasteiger partial charge in [0.15, 0.2) is 0 Å². The first-order valence-corrected chi connectivity index (χ1v) is 7.76. The zero-order valence-corrected chi connectivity index (χ0v) is 12.4. The Bertz CT molecular complexity index is 396. The monoisotopic (exact) mass is 261 g/mol. The van der Waals surface area contributed by atoms with Crippen molar-refractivity contribution >= 4 is 0 Å². The lowest BCUT2D eigenvalue weighted by Crippen LogP contribution is -2.30. The third-order valence-electron chi connectivity index (χ3n) is 4.02. The number of aryl methyl sites for hydroxylation is 2. The molecule has 0 heterocycles. The summed E-state index contributed by atoms with van der Waals surface area (Å²) in [7, 11) is 0. The van der Waals surface area contributed by atoms with Gasteiger partial charge in [-0.2, -0.15) is 0 Å². The van der Waals surface area contributed by atoms with E-state index in [9.17, 15) is 5.11 Å². The lowest BCUT2D eigenvalue weighted by molar-refractivity contribution is 0.113. The molecule has 106 valence electrons. The minimum atomic E-state index is -0.344. The summed E-state index contributed by atoms with van der Waals surface area (Å²) in [6.07, 6.45) is 5.62. The fraction of sp³-hybridized carbons (Fsp3) is 0.647. The van der Waals surface area contributed by atoms with Crippen molar-refractivity contribution in [3.05, 3.63) is 34.9 Å². The standard InChI is InChI=1S/C17H27NO/c1-3-10-18(11-4-2)13-17(19)16-9-8-14-6-5-7-15(14)12-16/h8-9,12,17,19H,3-7,10-11,13H2,1-2H3. The van der Waals surface area contributed by atoms with Gasteiger partial charge in [0.25, 0.3) is 0 Å². The molecule has 1 unspecified atom stereocenters. The SMILES string of the molecule is CCCN(CCC)CC(O)c1ccc2c(c1)CCC2. The molecular formula is C17H27NO. The van der Waals surface area contributed by atoms with E-state index >= 15 is 0 Å². The Morgan fingerprint density at radius 1 is 1.11 bits per heavy atom. The van der Waals surface area contributed by atoms with Crippen molar-refractivity contribution in [2.75, 3.05) is 19.6 Å². The van der Waals surface area contributed by atoms with E-state index in [0.717, 1.165) is 38.0 Å². The van der Waals surface area contributed by atoms with Crippen molar-refractivity contribution in [2.24, 2.45) is 0 Å². The van der Waals surface area contributed by atoms with Crippen LogP contribution in [0.4, 0.5) is 0 Å². The minimum Gasteiger partial charge on any atom is -0.387 e. The van der Waals surface area contributed by atoms with Crippen LogP contribution in [0.5, 0.6) is 0 Å². The second-order valence-electron chi connectivity index (χ2n) is 5.70. The molecule has 1 aromatic carbocycles. The van der Waals surface area contributed by atoms with Crippen LogP contribution in [-0.2, 0) is 12.8 Å². The minimum absolute atomic E-state index is 0.344. The smallest absolute Gasteiger partial charge is 0.0917 e. The molecule has 2 nitrogen and oxygen atoms in total. The Morgan fingerprint density at radius 2 is 1.79 bits per heavy atom. The van der Waals surface area contributed by atoms with Crippen LogP contribution < -0.4 is 0 Å². The topological polar surface area (TPSA) is 23.5 Å². The van der Waals surface area contributed by atoms with E-state index in [0.29, 0.717) is 0 Å². The van der Waals surface area contributed by atoms with E-state index in [-0.39, 0.29) is 6.10 Å². The largest absolute Gasteiger partial charge is 0.387 e. The summed E-state index contributed by atoms with van der Waals surface area (Å²) in [6.45, 7) is 7.32. The summed E-state index contributed by atoms with van der Waals surface area (Å²) in [5, 5.41) is 10.4. The predicted molar refractivity (Wildman–Crippen MR) is 80.4 cm³/mol. The normalized spacial score (nSPS) is 15.8. The molecular weight excluding hydrogens is 234 g/mol. The summed E-state index contributed by atoms with van der Waals surface area (Å²) in [4.78, 5) is 2.37. The highest BCUT2D eigenvalue weighted by atomic mass is 16.3. The van der Waals surface area contributed by atoms with Crippen molar-refractivity contribution in [1.29, 1.82) is 0 Å². The quantitative estimate of drug-likeness (QED) is 0.814. The average molecular weight is 261 g/mol. The fourth-order valence-corrected chi connectivity index (χ4v) is 3.08. The number of rotatable bonds is 7. The molecule has 1 atom stereocenters. The number of nitrogens with zero attached hydrogens (tertiary/aromatic N) is 1. The van der Waals surface area contributed by atoms with Crippen molar-refractivity contribution in [1.82, 2.24) is 4.90 Å². The molecule has 19 heavy (non-hydrogen) atoms. The van der Waals surface area contributed by atoms with Gasteiger partial charge in [-0.25, -0.2) is 0 Å². The Balaban J connectivity index is 2.00. The maximum atomic E-state index is 10.4. The zero-order valence-electron chi connectivity index (χ0n) is 12.4. The summed E-state index contributed by atoms with van der Waals surface area (Å²) >= 11 is 0. The molecule has 0 saturated carbocycles. The number of hydrogen-bond acceptors (Lipinski definition) is 2. The first kappa shape index (κ1) is 14.5. The lowest BCUT2D eigenvalue weighted by Gasteiger charge is -2.24. The predicted octanol–water partition coefficient (Wildman–Crippen LogP) is 3.33. The molecule has 1 aliphatic rings. The fourth-order valence-electron chi connectivity index (χ4n) is 3.08. The third kappa shape index (κ3) is 3.80. The van der Waals surface area contributed by atoms with Crippen molar-refractivity contribution < 1.29 is 5.11 Å². The second-order valence-corrected chi connectivity index (χ2v) is 5.70. The summed E-state index contributed by atoms with van der Waals surface area (Å²) in [5.74, 6) is 0. The van der Waals surface area contributed by atoms with E-state index in [1.54, 1.807) is 0 Å². The molecule has 0 radical (unpaired) electrons. The van der Waals surface area contributed by atoms with Crippen molar-refractivity contribution in [2.45, 2.75) is 52.1 Å². The first-order chi connectivity index (χ1) is 9.24. The van der Waals surface area contributed by atoms with Gasteiger partial charge in [-0.3, -0.25) is 0 Å². The van der Waals surface area contributed by atoms with E-state index in [2.05, 4.69) is 36.9 Å². The summed E-state index contributed by atoms with van der Waals surface area (Å²) in [6, 6.07) is 6.55. The Kier molecular flexibility index (Phi) is 5.41. The Morgan fingerprint density at radius 3 is 2.47 bits per heavy atom. The maximum absolute atomic E-state index is 10.4. The van der Waals surface area contributed by atoms with E-state index in [1.807, 2.05) is 0 Å². The Labute approximate surface area is 117 Å². The molecule has 0 aromatic heterocycles. The number of aliphatic hydroxyl groups is 1. The Hall–Kier alpha value is -0.860. The molecule has 2 rings (SSSR count). The summed E-state index contributed by atoms with van der Waals surface area (Å²) < 4.78 is 0. The second kappa shape index (κ2) is 7.06. The maximum Gasteiger partial charge on any atom is 0.0917 e. The van der Waals surface area contributed by atoms with Crippen molar-refractivity contribution in [3.63, 3.8) is 0 Å². The van der Waals surface area contributed by atoms with Gasteiger partial charge >= 0.3 is 0 Å². The number of hydrogen-bond donors (Lipinski definition) is 1. The van der Waals surface area contributed by atoms with Gasteiger partial charge in [0, 0.05) is 6.54 Å². The van der Waals surface area contributed by atoms with Crippen LogP contribution in [0.25, 0.3) is 0 Å². The molecule has 0 saturated heterocycles. The van der Waals surface area contributed by atoms with Crippen LogP contribution in [0.3, 0.4) is 0 Å². The number of benzene rings is 1. The van der Waals surface area contributed by atoms with Crippen molar-refractivity contribution in [3.8, 4) is 0 Å². The third-order valence-corrected chi connectivity index (χ3v) is 4.02. The molecule has 0 amide bonds. The van der Waals surface area contributed by atoms with Gasteiger partial charge in [-0.15, -0.1) is 0 Å². The summed E-state index contributed by atoms with van der Waals surface area (Å²) in [5.41, 5.74) is 4.03. The lowest BCUT2D eigenvalue weighted by atomic mass is 10.0. The van der Waals surface area contributed by atoms with E-state index < -0.39 is 0 Å². The molecule has 1 N–H and O–H groups in total. The highest BCUT2D eigenvalue weighted by Gasteiger charge is 2.16. The molecule has 0 fully saturated rings. The molecule has 0 aliphatic heterocycles. The van der Waals surface area contributed by atoms with Gasteiger partial charge < -0.3 is 10.0 Å². The van der Waals surface area contributed by atoms with Gasteiger partial charge in [0.2, 0.25) is 0 Å². The molecule has 2 heteroatoms. The highest BCUT2D eigenvalue weighted by molar-refractivity contribution is 5.36. The van der Waals surface area contributed by atoms with Gasteiger partial charge in [-0.05, 0) is 61.9 Å². The van der Waals surface area contributed by atoms with E-state index in [4.69, 9.17) is 0 Å². The zero-order chi connectivity index (χ0) is 13.7. The average Bonchev–Trinajstić information content (AvgIpc) is 2.86. The molecule has 0 spiro atoms. The van der Waals surface area contributed by atoms with Crippen LogP contribution in [0.2, 0.25) is 0 Å². The van der Waals surface area contributed by atoms with Crippen LogP contribution in [0.15, 0.2) is 18.2 Å². The van der Waals surface area contributed by atoms with Gasteiger partial charge in [0.1, 0.15) is 0 Å². The number of fused-ring (bicyclic) bond motifs is 1. The van der Waals surface area contributed by atoms with Crippen LogP contribution in [0.1, 0.15) is 55.9 Å². The van der Waals surface area contributed by atoms with Crippen LogP contribution >= 0.6 is 0 Å².